The molecule has 0 radical (unpaired) electrons. The van der Waals surface area contributed by atoms with Gasteiger partial charge in [0, 0.05) is 49.7 Å². The minimum atomic E-state index is -0.596. The summed E-state index contributed by atoms with van der Waals surface area (Å²) in [4.78, 5) is 21.7. The molecule has 134 valence electrons. The van der Waals surface area contributed by atoms with E-state index in [9.17, 15) is 4.79 Å². The second kappa shape index (κ2) is 7.45. The molecule has 4 rings (SSSR count). The summed E-state index contributed by atoms with van der Waals surface area (Å²) in [6.07, 6.45) is 4.62. The van der Waals surface area contributed by atoms with Crippen molar-refractivity contribution in [3.05, 3.63) is 60.6 Å². The third-order valence-electron chi connectivity index (χ3n) is 4.43. The topological polar surface area (TPSA) is 82.3 Å². The molecule has 0 spiro atoms. The molecule has 26 heavy (non-hydrogen) atoms. The van der Waals surface area contributed by atoms with Gasteiger partial charge in [0.05, 0.1) is 6.20 Å². The van der Waals surface area contributed by atoms with Crippen molar-refractivity contribution in [1.82, 2.24) is 25.5 Å². The van der Waals surface area contributed by atoms with E-state index >= 15 is 0 Å². The Morgan fingerprint density at radius 2 is 2.12 bits per heavy atom. The number of nitrogens with zero attached hydrogens (tertiary/aromatic N) is 2. The highest BCUT2D eigenvalue weighted by Crippen LogP contribution is 2.23. The zero-order valence-corrected chi connectivity index (χ0v) is 14.3. The number of carbonyl (C=O) groups excluding carboxylic acids is 1. The Bertz CT molecular complexity index is 874. The summed E-state index contributed by atoms with van der Waals surface area (Å²) in [6, 6.07) is 11.5. The zero-order valence-electron chi connectivity index (χ0n) is 14.3. The number of pyridine rings is 1. The smallest absolute Gasteiger partial charge is 0.320 e. The molecule has 1 atom stereocenters. The van der Waals surface area contributed by atoms with Crippen LogP contribution in [0, 0.1) is 0 Å². The second-order valence-electron chi connectivity index (χ2n) is 6.20. The predicted molar refractivity (Wildman–Crippen MR) is 98.9 cm³/mol. The number of aromatic amines is 1. The van der Waals surface area contributed by atoms with Crippen molar-refractivity contribution >= 4 is 16.9 Å². The fraction of sp³-hybridized carbons (Fsp3) is 0.263. The number of rotatable bonds is 4. The average Bonchev–Trinajstić information content (AvgIpc) is 3.17. The van der Waals surface area contributed by atoms with Gasteiger partial charge < -0.3 is 19.9 Å². The third-order valence-corrected chi connectivity index (χ3v) is 4.43. The molecule has 7 nitrogen and oxygen atoms in total. The molecule has 1 aromatic carbocycles. The lowest BCUT2D eigenvalue weighted by molar-refractivity contribution is 0.140. The molecule has 2 amide bonds. The summed E-state index contributed by atoms with van der Waals surface area (Å²) in [7, 11) is 0. The molecule has 1 fully saturated rings. The standard InChI is InChI=1S/C19H21N5O2/c25-19(24-10-8-20-9-11-24)23-18(26-16-2-1-6-21-13-16)15-3-4-17-14(12-15)5-7-22-17/h1-7,12-13,18,20,22H,8-11H2,(H,23,25). The number of aromatic nitrogens is 2. The van der Waals surface area contributed by atoms with Crippen LogP contribution in [-0.2, 0) is 0 Å². The highest BCUT2D eigenvalue weighted by atomic mass is 16.5. The van der Waals surface area contributed by atoms with Gasteiger partial charge >= 0.3 is 6.03 Å². The van der Waals surface area contributed by atoms with Crippen LogP contribution >= 0.6 is 0 Å². The number of benzene rings is 1. The maximum absolute atomic E-state index is 12.7. The van der Waals surface area contributed by atoms with Crippen molar-refractivity contribution in [3.8, 4) is 5.75 Å². The number of fused-ring (bicyclic) bond motifs is 1. The van der Waals surface area contributed by atoms with E-state index < -0.39 is 6.23 Å². The van der Waals surface area contributed by atoms with Crippen LogP contribution in [-0.4, -0.2) is 47.1 Å². The molecule has 1 saturated heterocycles. The lowest BCUT2D eigenvalue weighted by Crippen LogP contribution is -2.51. The van der Waals surface area contributed by atoms with Gasteiger partial charge in [-0.05, 0) is 35.7 Å². The molecule has 7 heteroatoms. The van der Waals surface area contributed by atoms with Crippen LogP contribution in [0.25, 0.3) is 10.9 Å². The molecule has 3 heterocycles. The van der Waals surface area contributed by atoms with Gasteiger partial charge in [0.1, 0.15) is 5.75 Å². The zero-order chi connectivity index (χ0) is 17.8. The molecule has 0 aliphatic carbocycles. The fourth-order valence-corrected chi connectivity index (χ4v) is 3.04. The normalized spacial score (nSPS) is 15.6. The first kappa shape index (κ1) is 16.4. The van der Waals surface area contributed by atoms with E-state index in [4.69, 9.17) is 4.74 Å². The fourth-order valence-electron chi connectivity index (χ4n) is 3.04. The Hall–Kier alpha value is -3.06. The summed E-state index contributed by atoms with van der Waals surface area (Å²) in [5.74, 6) is 0.604. The predicted octanol–water partition coefficient (Wildman–Crippen LogP) is 2.26. The van der Waals surface area contributed by atoms with Gasteiger partial charge in [0.15, 0.2) is 6.23 Å². The molecule has 3 aromatic rings. The molecule has 1 aliphatic heterocycles. The summed E-state index contributed by atoms with van der Waals surface area (Å²) in [5, 5.41) is 7.32. The number of carbonyl (C=O) groups is 1. The van der Waals surface area contributed by atoms with Crippen LogP contribution in [0.1, 0.15) is 11.8 Å². The van der Waals surface area contributed by atoms with E-state index in [-0.39, 0.29) is 6.03 Å². The molecule has 0 bridgehead atoms. The summed E-state index contributed by atoms with van der Waals surface area (Å²) < 4.78 is 6.04. The first-order chi connectivity index (χ1) is 12.8. The van der Waals surface area contributed by atoms with Crippen LogP contribution in [0.5, 0.6) is 5.75 Å². The van der Waals surface area contributed by atoms with Gasteiger partial charge in [-0.3, -0.25) is 10.3 Å². The largest absolute Gasteiger partial charge is 0.465 e. The first-order valence-corrected chi connectivity index (χ1v) is 8.69. The van der Waals surface area contributed by atoms with Crippen LogP contribution in [0.4, 0.5) is 4.79 Å². The van der Waals surface area contributed by atoms with Crippen molar-refractivity contribution in [2.45, 2.75) is 6.23 Å². The monoisotopic (exact) mass is 351 g/mol. The van der Waals surface area contributed by atoms with E-state index in [1.807, 2.05) is 36.5 Å². The van der Waals surface area contributed by atoms with Gasteiger partial charge in [-0.1, -0.05) is 6.07 Å². The van der Waals surface area contributed by atoms with Crippen LogP contribution in [0.3, 0.4) is 0 Å². The quantitative estimate of drug-likeness (QED) is 0.630. The van der Waals surface area contributed by atoms with Gasteiger partial charge in [-0.25, -0.2) is 4.79 Å². The van der Waals surface area contributed by atoms with Gasteiger partial charge in [0.25, 0.3) is 0 Å². The number of hydrogen-bond donors (Lipinski definition) is 3. The molecule has 0 saturated carbocycles. The second-order valence-corrected chi connectivity index (χ2v) is 6.20. The Kier molecular flexibility index (Phi) is 4.70. The average molecular weight is 351 g/mol. The Labute approximate surface area is 151 Å². The summed E-state index contributed by atoms with van der Waals surface area (Å²) in [6.45, 7) is 2.97. The molecule has 2 aromatic heterocycles. The van der Waals surface area contributed by atoms with Gasteiger partial charge in [0.2, 0.25) is 0 Å². The number of H-pyrrole nitrogens is 1. The van der Waals surface area contributed by atoms with Crippen LogP contribution in [0.2, 0.25) is 0 Å². The Morgan fingerprint density at radius 3 is 2.92 bits per heavy atom. The third kappa shape index (κ3) is 3.62. The minimum absolute atomic E-state index is 0.130. The number of nitrogens with one attached hydrogen (secondary N) is 3. The minimum Gasteiger partial charge on any atom is -0.465 e. The van der Waals surface area contributed by atoms with Crippen LogP contribution in [0.15, 0.2) is 55.0 Å². The maximum Gasteiger partial charge on any atom is 0.320 e. The van der Waals surface area contributed by atoms with E-state index in [0.717, 1.165) is 29.6 Å². The van der Waals surface area contributed by atoms with Gasteiger partial charge in [-0.15, -0.1) is 0 Å². The van der Waals surface area contributed by atoms with Crippen LogP contribution < -0.4 is 15.4 Å². The molecular formula is C19H21N5O2. The number of amides is 2. The van der Waals surface area contributed by atoms with Gasteiger partial charge in [-0.2, -0.15) is 0 Å². The summed E-state index contributed by atoms with van der Waals surface area (Å²) in [5.41, 5.74) is 1.92. The van der Waals surface area contributed by atoms with Crippen molar-refractivity contribution in [3.63, 3.8) is 0 Å². The molecule has 1 unspecified atom stereocenters. The lowest BCUT2D eigenvalue weighted by atomic mass is 10.1. The molecular weight excluding hydrogens is 330 g/mol. The number of piperazine rings is 1. The van der Waals surface area contributed by atoms with E-state index in [1.165, 1.54) is 0 Å². The van der Waals surface area contributed by atoms with Crippen molar-refractivity contribution < 1.29 is 9.53 Å². The van der Waals surface area contributed by atoms with E-state index in [2.05, 4.69) is 20.6 Å². The van der Waals surface area contributed by atoms with Crippen molar-refractivity contribution in [1.29, 1.82) is 0 Å². The first-order valence-electron chi connectivity index (χ1n) is 8.69. The highest BCUT2D eigenvalue weighted by Gasteiger charge is 2.22. The van der Waals surface area contributed by atoms with E-state index in [1.54, 1.807) is 23.4 Å². The molecule has 3 N–H and O–H groups in total. The van der Waals surface area contributed by atoms with Crippen molar-refractivity contribution in [2.75, 3.05) is 26.2 Å². The Morgan fingerprint density at radius 1 is 1.23 bits per heavy atom. The molecule has 1 aliphatic rings. The number of ether oxygens (including phenoxy) is 1. The number of urea groups is 1. The summed E-state index contributed by atoms with van der Waals surface area (Å²) >= 11 is 0. The maximum atomic E-state index is 12.7. The number of hydrogen-bond acceptors (Lipinski definition) is 4. The lowest BCUT2D eigenvalue weighted by Gasteiger charge is -2.30. The van der Waals surface area contributed by atoms with Crippen molar-refractivity contribution in [2.24, 2.45) is 0 Å². The highest BCUT2D eigenvalue weighted by molar-refractivity contribution is 5.80. The Balaban J connectivity index is 1.58. The SMILES string of the molecule is O=C(NC(Oc1cccnc1)c1ccc2[nH]ccc2c1)N1CCNCC1. The van der Waals surface area contributed by atoms with E-state index in [0.29, 0.717) is 18.8 Å².